The van der Waals surface area contributed by atoms with Gasteiger partial charge in [0, 0.05) is 12.1 Å². The van der Waals surface area contributed by atoms with E-state index in [1.54, 1.807) is 20.3 Å². The van der Waals surface area contributed by atoms with E-state index in [4.69, 9.17) is 9.47 Å². The molecular formula is C19H21N5O3. The van der Waals surface area contributed by atoms with Crippen LogP contribution >= 0.6 is 0 Å². The number of benzene rings is 2. The molecular weight excluding hydrogens is 346 g/mol. The molecule has 3 rings (SSSR count). The molecule has 0 radical (unpaired) electrons. The topological polar surface area (TPSA) is 91.2 Å². The number of aromatic nitrogens is 4. The molecule has 8 heteroatoms. The molecule has 27 heavy (non-hydrogen) atoms. The number of rotatable bonds is 7. The predicted octanol–water partition coefficient (Wildman–Crippen LogP) is 1.98. The van der Waals surface area contributed by atoms with Gasteiger partial charge in [0.2, 0.25) is 11.7 Å². The summed E-state index contributed by atoms with van der Waals surface area (Å²) >= 11 is 0. The minimum Gasteiger partial charge on any atom is -0.493 e. The summed E-state index contributed by atoms with van der Waals surface area (Å²) in [5, 5.41) is 15.0. The number of nitrogens with zero attached hydrogens (tertiary/aromatic N) is 4. The fraction of sp³-hybridized carbons (Fsp3) is 0.263. The minimum atomic E-state index is -0.211. The Kier molecular flexibility index (Phi) is 5.65. The summed E-state index contributed by atoms with van der Waals surface area (Å²) in [6.07, 6.45) is 0. The number of ether oxygens (including phenoxy) is 2. The molecule has 0 fully saturated rings. The lowest BCUT2D eigenvalue weighted by Gasteiger charge is -2.10. The summed E-state index contributed by atoms with van der Waals surface area (Å²) < 4.78 is 10.5. The Balaban J connectivity index is 1.58. The number of tetrazole rings is 1. The van der Waals surface area contributed by atoms with Gasteiger partial charge in [0.05, 0.1) is 14.2 Å². The van der Waals surface area contributed by atoms with Crippen molar-refractivity contribution in [1.29, 1.82) is 0 Å². The number of methoxy groups -OCH3 is 2. The maximum Gasteiger partial charge on any atom is 0.243 e. The van der Waals surface area contributed by atoms with Gasteiger partial charge in [0.15, 0.2) is 11.5 Å². The van der Waals surface area contributed by atoms with Gasteiger partial charge < -0.3 is 14.8 Å². The lowest BCUT2D eigenvalue weighted by Crippen LogP contribution is -2.28. The minimum absolute atomic E-state index is 0.00779. The van der Waals surface area contributed by atoms with E-state index in [1.165, 1.54) is 4.80 Å². The molecule has 0 saturated heterocycles. The Bertz CT molecular complexity index is 921. The third-order valence-electron chi connectivity index (χ3n) is 3.99. The summed E-state index contributed by atoms with van der Waals surface area (Å²) in [6, 6.07) is 13.3. The molecule has 8 nitrogen and oxygen atoms in total. The highest BCUT2D eigenvalue weighted by Crippen LogP contribution is 2.27. The smallest absolute Gasteiger partial charge is 0.243 e. The van der Waals surface area contributed by atoms with Gasteiger partial charge >= 0.3 is 0 Å². The summed E-state index contributed by atoms with van der Waals surface area (Å²) in [7, 11) is 3.15. The average molecular weight is 367 g/mol. The summed E-state index contributed by atoms with van der Waals surface area (Å²) in [6.45, 7) is 2.36. The molecule has 1 heterocycles. The van der Waals surface area contributed by atoms with Crippen LogP contribution in [-0.2, 0) is 17.9 Å². The van der Waals surface area contributed by atoms with Crippen LogP contribution in [0.1, 0.15) is 11.1 Å². The van der Waals surface area contributed by atoms with Gasteiger partial charge in [-0.1, -0.05) is 35.9 Å². The standard InChI is InChI=1S/C19H21N5O3/c1-13-4-7-15(8-5-13)19-21-23-24(22-19)12-18(25)20-11-14-6-9-16(26-2)17(10-14)27-3/h4-10H,11-12H2,1-3H3,(H,20,25). The van der Waals surface area contributed by atoms with Crippen LogP contribution in [0, 0.1) is 6.92 Å². The fourth-order valence-corrected chi connectivity index (χ4v) is 2.50. The van der Waals surface area contributed by atoms with Crippen LogP contribution in [0.3, 0.4) is 0 Å². The summed E-state index contributed by atoms with van der Waals surface area (Å²) in [4.78, 5) is 13.4. The third-order valence-corrected chi connectivity index (χ3v) is 3.99. The van der Waals surface area contributed by atoms with Gasteiger partial charge in [0.25, 0.3) is 0 Å². The molecule has 0 aliphatic heterocycles. The van der Waals surface area contributed by atoms with Gasteiger partial charge in [-0.2, -0.15) is 4.80 Å². The van der Waals surface area contributed by atoms with E-state index in [9.17, 15) is 4.79 Å². The van der Waals surface area contributed by atoms with Gasteiger partial charge in [-0.25, -0.2) is 0 Å². The van der Waals surface area contributed by atoms with Crippen molar-refractivity contribution in [1.82, 2.24) is 25.5 Å². The molecule has 2 aromatic carbocycles. The molecule has 140 valence electrons. The number of carbonyl (C=O) groups excluding carboxylic acids is 1. The Hall–Kier alpha value is -3.42. The average Bonchev–Trinajstić information content (AvgIpc) is 3.15. The van der Waals surface area contributed by atoms with Gasteiger partial charge in [0.1, 0.15) is 6.54 Å². The van der Waals surface area contributed by atoms with Gasteiger partial charge in [-0.15, -0.1) is 10.2 Å². The van der Waals surface area contributed by atoms with E-state index < -0.39 is 0 Å². The van der Waals surface area contributed by atoms with Crippen LogP contribution in [-0.4, -0.2) is 40.3 Å². The quantitative estimate of drug-likeness (QED) is 0.687. The normalized spacial score (nSPS) is 10.5. The van der Waals surface area contributed by atoms with Crippen LogP contribution in [0.4, 0.5) is 0 Å². The zero-order valence-corrected chi connectivity index (χ0v) is 15.5. The predicted molar refractivity (Wildman–Crippen MR) is 99.4 cm³/mol. The van der Waals surface area contributed by atoms with Crippen molar-refractivity contribution < 1.29 is 14.3 Å². The lowest BCUT2D eigenvalue weighted by atomic mass is 10.1. The number of carbonyl (C=O) groups is 1. The molecule has 1 N–H and O–H groups in total. The highest BCUT2D eigenvalue weighted by Gasteiger charge is 2.10. The number of nitrogens with one attached hydrogen (secondary N) is 1. The second kappa shape index (κ2) is 8.31. The first-order chi connectivity index (χ1) is 13.1. The van der Waals surface area contributed by atoms with Crippen molar-refractivity contribution in [2.45, 2.75) is 20.0 Å². The van der Waals surface area contributed by atoms with Crippen molar-refractivity contribution in [3.05, 3.63) is 53.6 Å². The Morgan fingerprint density at radius 1 is 1.07 bits per heavy atom. The Labute approximate surface area is 157 Å². The molecule has 0 spiro atoms. The van der Waals surface area contributed by atoms with E-state index in [-0.39, 0.29) is 12.5 Å². The van der Waals surface area contributed by atoms with Gasteiger partial charge in [-0.3, -0.25) is 4.79 Å². The van der Waals surface area contributed by atoms with E-state index in [2.05, 4.69) is 20.7 Å². The van der Waals surface area contributed by atoms with E-state index in [0.717, 1.165) is 16.7 Å². The molecule has 3 aromatic rings. The van der Waals surface area contributed by atoms with Crippen LogP contribution in [0.5, 0.6) is 11.5 Å². The molecule has 0 unspecified atom stereocenters. The largest absolute Gasteiger partial charge is 0.493 e. The molecule has 0 atom stereocenters. The van der Waals surface area contributed by atoms with Crippen LogP contribution in [0.25, 0.3) is 11.4 Å². The van der Waals surface area contributed by atoms with Crippen molar-refractivity contribution in [2.75, 3.05) is 14.2 Å². The van der Waals surface area contributed by atoms with Gasteiger partial charge in [-0.05, 0) is 29.8 Å². The third kappa shape index (κ3) is 4.60. The highest BCUT2D eigenvalue weighted by atomic mass is 16.5. The molecule has 0 aliphatic carbocycles. The van der Waals surface area contributed by atoms with E-state index in [1.807, 2.05) is 43.3 Å². The van der Waals surface area contributed by atoms with Crippen molar-refractivity contribution in [3.8, 4) is 22.9 Å². The summed E-state index contributed by atoms with van der Waals surface area (Å²) in [5.74, 6) is 1.54. The van der Waals surface area contributed by atoms with Crippen molar-refractivity contribution in [2.24, 2.45) is 0 Å². The fourth-order valence-electron chi connectivity index (χ4n) is 2.50. The first-order valence-electron chi connectivity index (χ1n) is 8.41. The number of hydrogen-bond donors (Lipinski definition) is 1. The van der Waals surface area contributed by atoms with Crippen LogP contribution in [0.15, 0.2) is 42.5 Å². The Morgan fingerprint density at radius 2 is 1.81 bits per heavy atom. The summed E-state index contributed by atoms with van der Waals surface area (Å²) in [5.41, 5.74) is 2.91. The molecule has 0 saturated carbocycles. The van der Waals surface area contributed by atoms with Crippen molar-refractivity contribution in [3.63, 3.8) is 0 Å². The van der Waals surface area contributed by atoms with E-state index >= 15 is 0 Å². The first-order valence-corrected chi connectivity index (χ1v) is 8.41. The number of aryl methyl sites for hydroxylation is 1. The maximum atomic E-state index is 12.2. The molecule has 0 aliphatic rings. The van der Waals surface area contributed by atoms with Crippen LogP contribution < -0.4 is 14.8 Å². The second-order valence-corrected chi connectivity index (χ2v) is 5.98. The zero-order valence-electron chi connectivity index (χ0n) is 15.5. The first kappa shape index (κ1) is 18.4. The molecule has 0 bridgehead atoms. The van der Waals surface area contributed by atoms with Crippen molar-refractivity contribution >= 4 is 5.91 Å². The lowest BCUT2D eigenvalue weighted by molar-refractivity contribution is -0.122. The SMILES string of the molecule is COc1ccc(CNC(=O)Cn2nnc(-c3ccc(C)cc3)n2)cc1OC. The Morgan fingerprint density at radius 3 is 2.52 bits per heavy atom. The highest BCUT2D eigenvalue weighted by molar-refractivity contribution is 5.75. The monoisotopic (exact) mass is 367 g/mol. The molecule has 1 amide bonds. The van der Waals surface area contributed by atoms with E-state index in [0.29, 0.717) is 23.9 Å². The maximum absolute atomic E-state index is 12.2. The number of amides is 1. The molecule has 1 aromatic heterocycles. The van der Waals surface area contributed by atoms with Crippen LogP contribution in [0.2, 0.25) is 0 Å². The number of hydrogen-bond acceptors (Lipinski definition) is 6. The second-order valence-electron chi connectivity index (χ2n) is 5.98. The zero-order chi connectivity index (χ0) is 19.2.